The zero-order chi connectivity index (χ0) is 8.20. The summed E-state index contributed by atoms with van der Waals surface area (Å²) in [5, 5.41) is 0. The molecule has 1 unspecified atom stereocenters. The van der Waals surface area contributed by atoms with Gasteiger partial charge < -0.3 is 9.47 Å². The van der Waals surface area contributed by atoms with Crippen LogP contribution in [0.2, 0.25) is 0 Å². The van der Waals surface area contributed by atoms with E-state index in [1.807, 2.05) is 34.6 Å². The van der Waals surface area contributed by atoms with E-state index >= 15 is 0 Å². The highest BCUT2D eigenvalue weighted by Crippen LogP contribution is 2.10. The minimum atomic E-state index is -0.103. The number of rotatable bonds is 3. The molecule has 2 nitrogen and oxygen atoms in total. The first-order valence-electron chi connectivity index (χ1n) is 3.75. The lowest BCUT2D eigenvalue weighted by molar-refractivity contribution is -0.182. The van der Waals surface area contributed by atoms with E-state index in [0.717, 1.165) is 0 Å². The lowest BCUT2D eigenvalue weighted by Gasteiger charge is -2.24. The highest BCUT2D eigenvalue weighted by molar-refractivity contribution is 4.58. The zero-order valence-electron chi connectivity index (χ0n) is 7.60. The van der Waals surface area contributed by atoms with Crippen LogP contribution >= 0.6 is 0 Å². The minimum absolute atomic E-state index is 0.0926. The van der Waals surface area contributed by atoms with E-state index in [0.29, 0.717) is 6.61 Å². The average molecular weight is 146 g/mol. The maximum absolute atomic E-state index is 5.46. The SMILES string of the molecule is CCOC(C)OC(C)(C)C. The van der Waals surface area contributed by atoms with Crippen molar-refractivity contribution in [2.75, 3.05) is 6.61 Å². The van der Waals surface area contributed by atoms with Crippen LogP contribution in [0.1, 0.15) is 34.6 Å². The second kappa shape index (κ2) is 3.94. The molecule has 0 aromatic carbocycles. The van der Waals surface area contributed by atoms with E-state index < -0.39 is 0 Å². The van der Waals surface area contributed by atoms with Crippen molar-refractivity contribution in [2.45, 2.75) is 46.5 Å². The molecule has 62 valence electrons. The molecule has 0 rings (SSSR count). The summed E-state index contributed by atoms with van der Waals surface area (Å²) < 4.78 is 10.7. The first-order valence-corrected chi connectivity index (χ1v) is 3.75. The van der Waals surface area contributed by atoms with E-state index in [9.17, 15) is 0 Å². The summed E-state index contributed by atoms with van der Waals surface area (Å²) in [6.45, 7) is 10.6. The number of hydrogen-bond acceptors (Lipinski definition) is 2. The molecule has 0 aromatic heterocycles. The van der Waals surface area contributed by atoms with Crippen LogP contribution in [0.4, 0.5) is 0 Å². The smallest absolute Gasteiger partial charge is 0.155 e. The van der Waals surface area contributed by atoms with Gasteiger partial charge in [0.15, 0.2) is 6.29 Å². The average Bonchev–Trinajstić information content (AvgIpc) is 1.59. The molecular formula is C8H18O2. The molecule has 0 saturated carbocycles. The van der Waals surface area contributed by atoms with Gasteiger partial charge in [0.2, 0.25) is 0 Å². The van der Waals surface area contributed by atoms with Crippen LogP contribution in [0.5, 0.6) is 0 Å². The summed E-state index contributed by atoms with van der Waals surface area (Å²) in [7, 11) is 0. The molecule has 0 spiro atoms. The first kappa shape index (κ1) is 9.92. The van der Waals surface area contributed by atoms with Crippen LogP contribution in [0.3, 0.4) is 0 Å². The molecule has 2 heteroatoms. The van der Waals surface area contributed by atoms with Gasteiger partial charge in [-0.25, -0.2) is 0 Å². The molecule has 10 heavy (non-hydrogen) atoms. The third kappa shape index (κ3) is 6.05. The lowest BCUT2D eigenvalue weighted by atomic mass is 10.2. The van der Waals surface area contributed by atoms with Gasteiger partial charge in [0.25, 0.3) is 0 Å². The van der Waals surface area contributed by atoms with Crippen molar-refractivity contribution in [1.82, 2.24) is 0 Å². The zero-order valence-corrected chi connectivity index (χ0v) is 7.60. The van der Waals surface area contributed by atoms with Crippen LogP contribution in [0.25, 0.3) is 0 Å². The van der Waals surface area contributed by atoms with E-state index in [2.05, 4.69) is 0 Å². The molecule has 0 aliphatic heterocycles. The molecular weight excluding hydrogens is 128 g/mol. The molecule has 1 atom stereocenters. The Balaban J connectivity index is 3.47. The molecule has 0 fully saturated rings. The lowest BCUT2D eigenvalue weighted by Crippen LogP contribution is -2.27. The van der Waals surface area contributed by atoms with Crippen molar-refractivity contribution in [3.05, 3.63) is 0 Å². The monoisotopic (exact) mass is 146 g/mol. The third-order valence-electron chi connectivity index (χ3n) is 0.921. The Kier molecular flexibility index (Phi) is 3.91. The fourth-order valence-corrected chi connectivity index (χ4v) is 0.767. The molecule has 0 amide bonds. The van der Waals surface area contributed by atoms with Gasteiger partial charge in [-0.1, -0.05) is 0 Å². The second-order valence-corrected chi connectivity index (χ2v) is 3.25. The summed E-state index contributed by atoms with van der Waals surface area (Å²) >= 11 is 0. The summed E-state index contributed by atoms with van der Waals surface area (Å²) in [5.74, 6) is 0. The Morgan fingerprint density at radius 1 is 1.30 bits per heavy atom. The molecule has 0 bridgehead atoms. The van der Waals surface area contributed by atoms with Gasteiger partial charge in [-0.3, -0.25) is 0 Å². The first-order chi connectivity index (χ1) is 4.45. The summed E-state index contributed by atoms with van der Waals surface area (Å²) in [6.07, 6.45) is -0.0926. The summed E-state index contributed by atoms with van der Waals surface area (Å²) in [6, 6.07) is 0. The maximum Gasteiger partial charge on any atom is 0.155 e. The third-order valence-corrected chi connectivity index (χ3v) is 0.921. The van der Waals surface area contributed by atoms with Crippen LogP contribution in [0, 0.1) is 0 Å². The Morgan fingerprint density at radius 3 is 2.10 bits per heavy atom. The fourth-order valence-electron chi connectivity index (χ4n) is 0.767. The summed E-state index contributed by atoms with van der Waals surface area (Å²) in [4.78, 5) is 0. The highest BCUT2D eigenvalue weighted by atomic mass is 16.7. The van der Waals surface area contributed by atoms with Crippen molar-refractivity contribution < 1.29 is 9.47 Å². The quantitative estimate of drug-likeness (QED) is 0.568. The van der Waals surface area contributed by atoms with Gasteiger partial charge >= 0.3 is 0 Å². The fraction of sp³-hybridized carbons (Fsp3) is 1.00. The maximum atomic E-state index is 5.46. The summed E-state index contributed by atoms with van der Waals surface area (Å²) in [5.41, 5.74) is -0.103. The van der Waals surface area contributed by atoms with Gasteiger partial charge in [-0.2, -0.15) is 0 Å². The highest BCUT2D eigenvalue weighted by Gasteiger charge is 2.14. The Hall–Kier alpha value is -0.0800. The molecule has 0 heterocycles. The van der Waals surface area contributed by atoms with Gasteiger partial charge in [0, 0.05) is 6.61 Å². The number of ether oxygens (including phenoxy) is 2. The molecule has 0 aliphatic rings. The standard InChI is InChI=1S/C8H18O2/c1-6-9-7(2)10-8(3,4)5/h7H,6H2,1-5H3. The molecule has 0 aromatic rings. The van der Waals surface area contributed by atoms with E-state index in [1.165, 1.54) is 0 Å². The van der Waals surface area contributed by atoms with Gasteiger partial charge in [0.1, 0.15) is 0 Å². The predicted molar refractivity (Wildman–Crippen MR) is 41.9 cm³/mol. The van der Waals surface area contributed by atoms with E-state index in [-0.39, 0.29) is 11.9 Å². The normalized spacial score (nSPS) is 15.3. The largest absolute Gasteiger partial charge is 0.353 e. The van der Waals surface area contributed by atoms with Crippen molar-refractivity contribution in [2.24, 2.45) is 0 Å². The van der Waals surface area contributed by atoms with Gasteiger partial charge in [-0.05, 0) is 34.6 Å². The predicted octanol–water partition coefficient (Wildman–Crippen LogP) is 2.18. The van der Waals surface area contributed by atoms with Crippen LogP contribution < -0.4 is 0 Å². The van der Waals surface area contributed by atoms with Crippen molar-refractivity contribution in [3.63, 3.8) is 0 Å². The Morgan fingerprint density at radius 2 is 1.80 bits per heavy atom. The topological polar surface area (TPSA) is 18.5 Å². The van der Waals surface area contributed by atoms with Crippen LogP contribution in [-0.4, -0.2) is 18.5 Å². The molecule has 0 saturated heterocycles. The van der Waals surface area contributed by atoms with Gasteiger partial charge in [0.05, 0.1) is 5.60 Å². The molecule has 0 radical (unpaired) electrons. The van der Waals surface area contributed by atoms with E-state index in [4.69, 9.17) is 9.47 Å². The number of hydrogen-bond donors (Lipinski definition) is 0. The van der Waals surface area contributed by atoms with E-state index in [1.54, 1.807) is 0 Å². The van der Waals surface area contributed by atoms with Gasteiger partial charge in [-0.15, -0.1) is 0 Å². The minimum Gasteiger partial charge on any atom is -0.353 e. The van der Waals surface area contributed by atoms with Crippen LogP contribution in [0.15, 0.2) is 0 Å². The van der Waals surface area contributed by atoms with Crippen molar-refractivity contribution >= 4 is 0 Å². The second-order valence-electron chi connectivity index (χ2n) is 3.25. The molecule has 0 N–H and O–H groups in total. The Labute approximate surface area is 63.5 Å². The van der Waals surface area contributed by atoms with Crippen molar-refractivity contribution in [1.29, 1.82) is 0 Å². The Bertz CT molecular complexity index is 83.7. The molecule has 0 aliphatic carbocycles. The van der Waals surface area contributed by atoms with Crippen LogP contribution in [-0.2, 0) is 9.47 Å². The van der Waals surface area contributed by atoms with Crippen molar-refractivity contribution in [3.8, 4) is 0 Å².